The Morgan fingerprint density at radius 3 is 2.39 bits per heavy atom. The fraction of sp³-hybridized carbons (Fsp3) is 0.381. The largest absolute Gasteiger partial charge is 0.301 e. The van der Waals surface area contributed by atoms with Crippen LogP contribution in [0, 0.1) is 0 Å². The van der Waals surface area contributed by atoms with Crippen molar-refractivity contribution in [2.45, 2.75) is 19.5 Å². The van der Waals surface area contributed by atoms with E-state index in [0.717, 1.165) is 49.1 Å². The van der Waals surface area contributed by atoms with Crippen LogP contribution in [0.5, 0.6) is 0 Å². The van der Waals surface area contributed by atoms with Gasteiger partial charge in [-0.25, -0.2) is 4.68 Å². The summed E-state index contributed by atoms with van der Waals surface area (Å²) in [4.78, 5) is 4.91. The average molecular weight is 397 g/mol. The fourth-order valence-corrected chi connectivity index (χ4v) is 4.05. The average Bonchev–Trinajstić information content (AvgIpc) is 3.18. The number of hydrogen-bond acceptors (Lipinski definition) is 5. The molecular formula is C21H25ClN6. The molecule has 3 aromatic rings. The Morgan fingerprint density at radius 2 is 1.68 bits per heavy atom. The van der Waals surface area contributed by atoms with Gasteiger partial charge in [-0.1, -0.05) is 67.1 Å². The van der Waals surface area contributed by atoms with Gasteiger partial charge in [0, 0.05) is 31.2 Å². The summed E-state index contributed by atoms with van der Waals surface area (Å²) in [6.07, 6.45) is 0. The normalized spacial score (nSPS) is 16.9. The third-order valence-electron chi connectivity index (χ3n) is 5.40. The molecule has 0 unspecified atom stereocenters. The lowest BCUT2D eigenvalue weighted by Gasteiger charge is -2.38. The van der Waals surface area contributed by atoms with Gasteiger partial charge in [0.25, 0.3) is 0 Å². The van der Waals surface area contributed by atoms with Crippen LogP contribution in [0.3, 0.4) is 0 Å². The molecule has 0 radical (unpaired) electrons. The molecule has 2 aromatic carbocycles. The van der Waals surface area contributed by atoms with E-state index in [9.17, 15) is 0 Å². The SMILES string of the molecule is CCN1CCN([C@@H](c2ccccc2Cl)c2nnnn2Cc2ccccc2)CC1. The van der Waals surface area contributed by atoms with Crippen molar-refractivity contribution in [2.75, 3.05) is 32.7 Å². The summed E-state index contributed by atoms with van der Waals surface area (Å²) in [6.45, 7) is 7.93. The summed E-state index contributed by atoms with van der Waals surface area (Å²) in [5.41, 5.74) is 2.22. The highest BCUT2D eigenvalue weighted by molar-refractivity contribution is 6.31. The number of aromatic nitrogens is 4. The number of benzene rings is 2. The molecule has 1 aliphatic rings. The minimum atomic E-state index is -0.0635. The van der Waals surface area contributed by atoms with E-state index < -0.39 is 0 Å². The summed E-state index contributed by atoms with van der Waals surface area (Å²) in [5.74, 6) is 0.835. The van der Waals surface area contributed by atoms with Gasteiger partial charge in [0.15, 0.2) is 5.82 Å². The number of piperazine rings is 1. The third-order valence-corrected chi connectivity index (χ3v) is 5.74. The number of tetrazole rings is 1. The molecule has 146 valence electrons. The maximum absolute atomic E-state index is 6.61. The first-order chi connectivity index (χ1) is 13.8. The predicted octanol–water partition coefficient (Wildman–Crippen LogP) is 3.10. The van der Waals surface area contributed by atoms with E-state index in [-0.39, 0.29) is 6.04 Å². The molecule has 0 bridgehead atoms. The van der Waals surface area contributed by atoms with Crippen LogP contribution in [0.4, 0.5) is 0 Å². The Kier molecular flexibility index (Phi) is 6.00. The van der Waals surface area contributed by atoms with Crippen LogP contribution in [0.25, 0.3) is 0 Å². The standard InChI is InChI=1S/C21H25ClN6/c1-2-26-12-14-27(15-13-26)20(18-10-6-7-11-19(18)22)21-23-24-25-28(21)16-17-8-4-3-5-9-17/h3-11,20H,2,12-16H2,1H3/t20-/m0/s1. The molecule has 0 aliphatic carbocycles. The fourth-order valence-electron chi connectivity index (χ4n) is 3.81. The van der Waals surface area contributed by atoms with Crippen molar-refractivity contribution < 1.29 is 0 Å². The van der Waals surface area contributed by atoms with Crippen LogP contribution in [0.15, 0.2) is 54.6 Å². The summed E-state index contributed by atoms with van der Waals surface area (Å²) in [5, 5.41) is 13.5. The molecule has 1 fully saturated rings. The summed E-state index contributed by atoms with van der Waals surface area (Å²) in [6, 6.07) is 18.2. The topological polar surface area (TPSA) is 50.1 Å². The quantitative estimate of drug-likeness (QED) is 0.640. The zero-order valence-electron chi connectivity index (χ0n) is 16.1. The van der Waals surface area contributed by atoms with Gasteiger partial charge in [0.2, 0.25) is 0 Å². The Balaban J connectivity index is 1.69. The van der Waals surface area contributed by atoms with E-state index in [1.165, 1.54) is 5.56 Å². The van der Waals surface area contributed by atoms with Gasteiger partial charge in [0.05, 0.1) is 12.6 Å². The van der Waals surface area contributed by atoms with Crippen molar-refractivity contribution in [1.29, 1.82) is 0 Å². The highest BCUT2D eigenvalue weighted by Gasteiger charge is 2.31. The first-order valence-electron chi connectivity index (χ1n) is 9.77. The van der Waals surface area contributed by atoms with Crippen LogP contribution >= 0.6 is 11.6 Å². The summed E-state index contributed by atoms with van der Waals surface area (Å²) >= 11 is 6.61. The van der Waals surface area contributed by atoms with Gasteiger partial charge in [-0.15, -0.1) is 5.10 Å². The Bertz CT molecular complexity index is 889. The van der Waals surface area contributed by atoms with Crippen LogP contribution in [-0.2, 0) is 6.54 Å². The molecular weight excluding hydrogens is 372 g/mol. The Hall–Kier alpha value is -2.28. The first kappa shape index (κ1) is 19.1. The lowest BCUT2D eigenvalue weighted by Crippen LogP contribution is -2.48. The second-order valence-electron chi connectivity index (χ2n) is 7.07. The van der Waals surface area contributed by atoms with Gasteiger partial charge in [0.1, 0.15) is 0 Å². The van der Waals surface area contributed by atoms with Gasteiger partial charge < -0.3 is 4.90 Å². The zero-order valence-corrected chi connectivity index (χ0v) is 16.8. The molecule has 4 rings (SSSR count). The third kappa shape index (κ3) is 4.09. The second kappa shape index (κ2) is 8.82. The lowest BCUT2D eigenvalue weighted by molar-refractivity contribution is 0.108. The molecule has 28 heavy (non-hydrogen) atoms. The van der Waals surface area contributed by atoms with E-state index in [2.05, 4.69) is 50.4 Å². The molecule has 7 heteroatoms. The molecule has 0 spiro atoms. The van der Waals surface area contributed by atoms with Crippen molar-refractivity contribution in [1.82, 2.24) is 30.0 Å². The van der Waals surface area contributed by atoms with Crippen LogP contribution in [0.2, 0.25) is 5.02 Å². The van der Waals surface area contributed by atoms with Gasteiger partial charge >= 0.3 is 0 Å². The van der Waals surface area contributed by atoms with E-state index in [4.69, 9.17) is 11.6 Å². The minimum absolute atomic E-state index is 0.0635. The molecule has 1 atom stereocenters. The van der Waals surface area contributed by atoms with Gasteiger partial charge in [-0.2, -0.15) is 0 Å². The lowest BCUT2D eigenvalue weighted by atomic mass is 10.0. The van der Waals surface area contributed by atoms with E-state index in [0.29, 0.717) is 6.54 Å². The minimum Gasteiger partial charge on any atom is -0.301 e. The Labute approximate surface area is 170 Å². The second-order valence-corrected chi connectivity index (χ2v) is 7.48. The van der Waals surface area contributed by atoms with Gasteiger partial charge in [-0.05, 0) is 34.2 Å². The molecule has 1 aromatic heterocycles. The number of hydrogen-bond donors (Lipinski definition) is 0. The zero-order chi connectivity index (χ0) is 19.3. The highest BCUT2D eigenvalue weighted by Crippen LogP contribution is 2.32. The van der Waals surface area contributed by atoms with Crippen LogP contribution < -0.4 is 0 Å². The van der Waals surface area contributed by atoms with Crippen molar-refractivity contribution in [3.05, 3.63) is 76.6 Å². The number of likely N-dealkylation sites (N-methyl/N-ethyl adjacent to an activating group) is 1. The molecule has 2 heterocycles. The van der Waals surface area contributed by atoms with Crippen molar-refractivity contribution >= 4 is 11.6 Å². The first-order valence-corrected chi connectivity index (χ1v) is 10.1. The smallest absolute Gasteiger partial charge is 0.173 e. The molecule has 6 nitrogen and oxygen atoms in total. The van der Waals surface area contributed by atoms with Crippen molar-refractivity contribution in [3.8, 4) is 0 Å². The van der Waals surface area contributed by atoms with E-state index in [1.807, 2.05) is 41.1 Å². The summed E-state index contributed by atoms with van der Waals surface area (Å²) in [7, 11) is 0. The maximum atomic E-state index is 6.61. The monoisotopic (exact) mass is 396 g/mol. The predicted molar refractivity (Wildman–Crippen MR) is 110 cm³/mol. The molecule has 1 aliphatic heterocycles. The molecule has 0 N–H and O–H groups in total. The van der Waals surface area contributed by atoms with Gasteiger partial charge in [-0.3, -0.25) is 4.90 Å². The molecule has 0 amide bonds. The number of nitrogens with zero attached hydrogens (tertiary/aromatic N) is 6. The Morgan fingerprint density at radius 1 is 0.964 bits per heavy atom. The molecule has 1 saturated heterocycles. The van der Waals surface area contributed by atoms with E-state index >= 15 is 0 Å². The maximum Gasteiger partial charge on any atom is 0.173 e. The molecule has 0 saturated carbocycles. The van der Waals surface area contributed by atoms with E-state index in [1.54, 1.807) is 0 Å². The van der Waals surface area contributed by atoms with Crippen molar-refractivity contribution in [2.24, 2.45) is 0 Å². The highest BCUT2D eigenvalue weighted by atomic mass is 35.5. The van der Waals surface area contributed by atoms with Crippen LogP contribution in [-0.4, -0.2) is 62.7 Å². The van der Waals surface area contributed by atoms with Crippen LogP contribution in [0.1, 0.15) is 29.9 Å². The number of halogens is 1. The van der Waals surface area contributed by atoms with Crippen molar-refractivity contribution in [3.63, 3.8) is 0 Å². The summed E-state index contributed by atoms with van der Waals surface area (Å²) < 4.78 is 1.90. The number of rotatable bonds is 6.